The summed E-state index contributed by atoms with van der Waals surface area (Å²) < 4.78 is 11.1. The lowest BCUT2D eigenvalue weighted by atomic mass is 10.3. The van der Waals surface area contributed by atoms with E-state index in [0.717, 1.165) is 0 Å². The summed E-state index contributed by atoms with van der Waals surface area (Å²) in [5.41, 5.74) is 0. The number of aliphatic carboxylic acids is 1. The molecule has 0 fully saturated rings. The maximum atomic E-state index is 11.1. The molecule has 0 aromatic heterocycles. The van der Waals surface area contributed by atoms with Gasteiger partial charge in [-0.1, -0.05) is 9.65 Å². The third-order valence-electron chi connectivity index (χ3n) is 1.37. The fourth-order valence-corrected chi connectivity index (χ4v) is 1.79. The second-order valence-electron chi connectivity index (χ2n) is 2.60. The van der Waals surface area contributed by atoms with E-state index in [9.17, 15) is 9.36 Å². The van der Waals surface area contributed by atoms with Crippen LogP contribution in [0.4, 0.5) is 0 Å². The fourth-order valence-electron chi connectivity index (χ4n) is 0.650. The number of aliphatic hydroxyl groups excluding tert-OH is 3. The van der Waals surface area contributed by atoms with Gasteiger partial charge in [0.1, 0.15) is 6.10 Å². The summed E-state index contributed by atoms with van der Waals surface area (Å²) in [4.78, 5) is 10.4. The molecule has 0 bridgehead atoms. The molecule has 0 aliphatic heterocycles. The van der Waals surface area contributed by atoms with Crippen molar-refractivity contribution in [2.45, 2.75) is 12.1 Å². The summed E-state index contributed by atoms with van der Waals surface area (Å²) in [6, 6.07) is -1.32. The van der Waals surface area contributed by atoms with Crippen LogP contribution in [0.15, 0.2) is 0 Å². The molecule has 14 heavy (non-hydrogen) atoms. The van der Waals surface area contributed by atoms with Crippen molar-refractivity contribution < 1.29 is 29.8 Å². The average Bonchev–Trinajstić information content (AvgIpc) is 2.13. The minimum atomic E-state index is -2.15. The standard InChI is InChI=1S/C6H12NO6P/c8-1-4(10)3-14(13)7-5(2-9)6(11)12/h4-5,8-10H,1-3H2,(H-,7,11,12,13)/p+1/t4-,5+/m1/s1. The van der Waals surface area contributed by atoms with E-state index in [1.807, 2.05) is 0 Å². The van der Waals surface area contributed by atoms with E-state index in [0.29, 0.717) is 0 Å². The van der Waals surface area contributed by atoms with Crippen molar-refractivity contribution in [2.24, 2.45) is 0 Å². The van der Waals surface area contributed by atoms with Crippen LogP contribution in [0.5, 0.6) is 0 Å². The highest BCUT2D eigenvalue weighted by atomic mass is 31.1. The number of hydrogen-bond acceptors (Lipinski definition) is 5. The van der Waals surface area contributed by atoms with Gasteiger partial charge in [-0.3, -0.25) is 4.79 Å². The summed E-state index contributed by atoms with van der Waals surface area (Å²) >= 11 is 0. The van der Waals surface area contributed by atoms with E-state index in [1.54, 1.807) is 0 Å². The molecule has 5 N–H and O–H groups in total. The lowest BCUT2D eigenvalue weighted by Crippen LogP contribution is -2.36. The van der Waals surface area contributed by atoms with Crippen molar-refractivity contribution in [2.75, 3.05) is 19.4 Å². The number of carboxylic acids is 1. The summed E-state index contributed by atoms with van der Waals surface area (Å²) in [5, 5.41) is 36.4. The number of carboxylic acid groups (broad SMARTS) is 1. The quantitative estimate of drug-likeness (QED) is 0.321. The van der Waals surface area contributed by atoms with Crippen LogP contribution in [-0.4, -0.2) is 57.9 Å². The van der Waals surface area contributed by atoms with E-state index in [2.05, 4.69) is 5.09 Å². The van der Waals surface area contributed by atoms with Gasteiger partial charge in [-0.05, 0) is 0 Å². The monoisotopic (exact) mass is 226 g/mol. The summed E-state index contributed by atoms with van der Waals surface area (Å²) in [7, 11) is -2.15. The molecule has 8 heteroatoms. The smallest absolute Gasteiger partial charge is 0.435 e. The van der Waals surface area contributed by atoms with E-state index in [1.165, 1.54) is 0 Å². The molecular formula is C6H13NO6P+. The molecule has 7 nitrogen and oxygen atoms in total. The van der Waals surface area contributed by atoms with Gasteiger partial charge in [0, 0.05) is 0 Å². The van der Waals surface area contributed by atoms with Gasteiger partial charge in [0.25, 0.3) is 0 Å². The Labute approximate surface area is 81.2 Å². The minimum absolute atomic E-state index is 0.254. The van der Waals surface area contributed by atoms with Gasteiger partial charge < -0.3 is 20.4 Å². The number of aliphatic hydroxyl groups is 3. The predicted octanol–water partition coefficient (Wildman–Crippen LogP) is -1.88. The van der Waals surface area contributed by atoms with Gasteiger partial charge in [0.15, 0.2) is 12.2 Å². The highest BCUT2D eigenvalue weighted by Gasteiger charge is 2.29. The zero-order valence-electron chi connectivity index (χ0n) is 7.33. The number of rotatable bonds is 7. The molecule has 0 saturated heterocycles. The molecule has 1 unspecified atom stereocenters. The molecule has 0 spiro atoms. The number of nitrogens with one attached hydrogen (secondary N) is 1. The molecule has 0 aromatic carbocycles. The molecule has 0 aromatic rings. The third kappa shape index (κ3) is 5.21. The Morgan fingerprint density at radius 2 is 1.93 bits per heavy atom. The van der Waals surface area contributed by atoms with Gasteiger partial charge in [0.2, 0.25) is 0 Å². The Balaban J connectivity index is 3.97. The first-order chi connectivity index (χ1) is 6.51. The molecule has 0 radical (unpaired) electrons. The van der Waals surface area contributed by atoms with E-state index in [-0.39, 0.29) is 6.16 Å². The maximum absolute atomic E-state index is 11.1. The Morgan fingerprint density at radius 1 is 1.36 bits per heavy atom. The summed E-state index contributed by atoms with van der Waals surface area (Å²) in [5.74, 6) is -1.32. The van der Waals surface area contributed by atoms with Crippen molar-refractivity contribution in [1.82, 2.24) is 5.09 Å². The van der Waals surface area contributed by atoms with Crippen molar-refractivity contribution in [3.63, 3.8) is 0 Å². The lowest BCUT2D eigenvalue weighted by Gasteiger charge is -2.04. The van der Waals surface area contributed by atoms with Crippen LogP contribution in [0, 0.1) is 0 Å². The largest absolute Gasteiger partial charge is 0.480 e. The highest BCUT2D eigenvalue weighted by Crippen LogP contribution is 2.16. The fraction of sp³-hybridized carbons (Fsp3) is 0.833. The van der Waals surface area contributed by atoms with E-state index < -0.39 is 39.3 Å². The van der Waals surface area contributed by atoms with E-state index in [4.69, 9.17) is 20.4 Å². The Bertz CT molecular complexity index is 210. The maximum Gasteiger partial charge on any atom is 0.435 e. The molecule has 82 valence electrons. The topological polar surface area (TPSA) is 127 Å². The average molecular weight is 226 g/mol. The molecule has 0 rings (SSSR count). The van der Waals surface area contributed by atoms with Crippen molar-refractivity contribution in [3.8, 4) is 0 Å². The summed E-state index contributed by atoms with van der Waals surface area (Å²) in [6.45, 7) is -1.23. The zero-order chi connectivity index (χ0) is 11.1. The van der Waals surface area contributed by atoms with Crippen LogP contribution >= 0.6 is 7.95 Å². The molecule has 0 saturated carbocycles. The second-order valence-corrected chi connectivity index (χ2v) is 3.98. The zero-order valence-corrected chi connectivity index (χ0v) is 8.22. The predicted molar refractivity (Wildman–Crippen MR) is 47.2 cm³/mol. The van der Waals surface area contributed by atoms with Gasteiger partial charge in [-0.25, -0.2) is 0 Å². The summed E-state index contributed by atoms with van der Waals surface area (Å²) in [6.07, 6.45) is -1.41. The molecular weight excluding hydrogens is 213 g/mol. The first-order valence-corrected chi connectivity index (χ1v) is 5.29. The SMILES string of the molecule is O=C(O)[C@H](CO)N[P+](=O)C[C@H](O)CO. The highest BCUT2D eigenvalue weighted by molar-refractivity contribution is 7.42. The van der Waals surface area contributed by atoms with Crippen LogP contribution in [0.1, 0.15) is 0 Å². The van der Waals surface area contributed by atoms with E-state index >= 15 is 0 Å². The number of hydrogen-bond donors (Lipinski definition) is 5. The van der Waals surface area contributed by atoms with Crippen LogP contribution in [0.25, 0.3) is 0 Å². The van der Waals surface area contributed by atoms with Crippen LogP contribution in [0.3, 0.4) is 0 Å². The molecule has 0 aliphatic rings. The third-order valence-corrected chi connectivity index (χ3v) is 2.72. The molecule has 0 aliphatic carbocycles. The Kier molecular flexibility index (Phi) is 6.52. The number of carbonyl (C=O) groups is 1. The van der Waals surface area contributed by atoms with Crippen LogP contribution in [-0.2, 0) is 9.36 Å². The lowest BCUT2D eigenvalue weighted by molar-refractivity contribution is -0.139. The van der Waals surface area contributed by atoms with Crippen molar-refractivity contribution >= 4 is 13.9 Å². The Hall–Kier alpha value is -0.590. The Morgan fingerprint density at radius 3 is 2.29 bits per heavy atom. The van der Waals surface area contributed by atoms with Gasteiger partial charge in [0.05, 0.1) is 13.2 Å². The van der Waals surface area contributed by atoms with Crippen LogP contribution < -0.4 is 5.09 Å². The van der Waals surface area contributed by atoms with Gasteiger partial charge >= 0.3 is 13.9 Å². The van der Waals surface area contributed by atoms with Gasteiger partial charge in [-0.2, -0.15) is 0 Å². The van der Waals surface area contributed by atoms with Crippen LogP contribution in [0.2, 0.25) is 0 Å². The first-order valence-electron chi connectivity index (χ1n) is 3.84. The molecule has 0 heterocycles. The minimum Gasteiger partial charge on any atom is -0.480 e. The normalized spacial score (nSPS) is 16.1. The van der Waals surface area contributed by atoms with Crippen molar-refractivity contribution in [3.05, 3.63) is 0 Å². The molecule has 0 amide bonds. The second kappa shape index (κ2) is 6.80. The van der Waals surface area contributed by atoms with Gasteiger partial charge in [-0.15, -0.1) is 0 Å². The molecule has 3 atom stereocenters. The first kappa shape index (κ1) is 13.4. The van der Waals surface area contributed by atoms with Crippen molar-refractivity contribution in [1.29, 1.82) is 0 Å².